The van der Waals surface area contributed by atoms with Crippen LogP contribution in [0.15, 0.2) is 41.3 Å². The number of fused-ring (bicyclic) bond motifs is 2. The lowest BCUT2D eigenvalue weighted by Gasteiger charge is -2.21. The zero-order chi connectivity index (χ0) is 22.2. The SMILES string of the molecule is COc1ccc2nc(NC(=O)[C@@H](NS(=O)(=O)c3cccc4nsnc34)C(C)C)sc2c1. The van der Waals surface area contributed by atoms with Gasteiger partial charge in [-0.25, -0.2) is 13.4 Å². The van der Waals surface area contributed by atoms with E-state index in [9.17, 15) is 13.2 Å². The van der Waals surface area contributed by atoms with E-state index in [1.165, 1.54) is 17.4 Å². The van der Waals surface area contributed by atoms with Crippen LogP contribution >= 0.6 is 23.1 Å². The normalized spacial score (nSPS) is 13.0. The van der Waals surface area contributed by atoms with Crippen LogP contribution in [0, 0.1) is 5.92 Å². The molecule has 2 N–H and O–H groups in total. The second-order valence-electron chi connectivity index (χ2n) is 7.07. The number of ether oxygens (including phenoxy) is 1. The Morgan fingerprint density at radius 3 is 2.68 bits per heavy atom. The second kappa shape index (κ2) is 8.46. The van der Waals surface area contributed by atoms with Gasteiger partial charge in [-0.1, -0.05) is 31.3 Å². The van der Waals surface area contributed by atoms with Crippen LogP contribution in [-0.2, 0) is 14.8 Å². The molecule has 0 aliphatic rings. The summed E-state index contributed by atoms with van der Waals surface area (Å²) in [6.45, 7) is 3.53. The third kappa shape index (κ3) is 4.37. The number of methoxy groups -OCH3 is 1. The van der Waals surface area contributed by atoms with Crippen LogP contribution in [0.3, 0.4) is 0 Å². The predicted molar refractivity (Wildman–Crippen MR) is 121 cm³/mol. The standard InChI is InChI=1S/C19H19N5O4S3/c1-10(2)16(24-31(26,27)15-6-4-5-13-17(15)23-30-22-13)18(25)21-19-20-12-8-7-11(28-3)9-14(12)29-19/h4-10,16,24H,1-3H3,(H,20,21,25)/t16-/m0/s1. The van der Waals surface area contributed by atoms with Gasteiger partial charge in [-0.3, -0.25) is 4.79 Å². The topological polar surface area (TPSA) is 123 Å². The third-order valence-electron chi connectivity index (χ3n) is 4.60. The molecule has 1 amide bonds. The van der Waals surface area contributed by atoms with Crippen molar-refractivity contribution in [1.82, 2.24) is 18.5 Å². The Balaban J connectivity index is 1.58. The van der Waals surface area contributed by atoms with E-state index in [-0.39, 0.29) is 16.3 Å². The van der Waals surface area contributed by atoms with Crippen LogP contribution in [-0.4, -0.2) is 41.2 Å². The summed E-state index contributed by atoms with van der Waals surface area (Å²) in [6, 6.07) is 9.13. The van der Waals surface area contributed by atoms with Gasteiger partial charge in [-0.05, 0) is 36.2 Å². The molecule has 31 heavy (non-hydrogen) atoms. The largest absolute Gasteiger partial charge is 0.497 e. The molecule has 0 bridgehead atoms. The van der Waals surface area contributed by atoms with Gasteiger partial charge >= 0.3 is 0 Å². The molecule has 2 aromatic heterocycles. The van der Waals surface area contributed by atoms with Gasteiger partial charge in [-0.2, -0.15) is 13.5 Å². The van der Waals surface area contributed by atoms with E-state index in [1.54, 1.807) is 45.2 Å². The zero-order valence-corrected chi connectivity index (χ0v) is 19.3. The fraction of sp³-hybridized carbons (Fsp3) is 0.263. The number of hydrogen-bond acceptors (Lipinski definition) is 9. The number of anilines is 1. The van der Waals surface area contributed by atoms with E-state index < -0.39 is 22.0 Å². The van der Waals surface area contributed by atoms with Gasteiger partial charge in [-0.15, -0.1) is 0 Å². The van der Waals surface area contributed by atoms with Gasteiger partial charge in [0.25, 0.3) is 0 Å². The lowest BCUT2D eigenvalue weighted by molar-refractivity contribution is -0.118. The van der Waals surface area contributed by atoms with Crippen molar-refractivity contribution in [3.63, 3.8) is 0 Å². The van der Waals surface area contributed by atoms with Crippen molar-refractivity contribution in [3.05, 3.63) is 36.4 Å². The van der Waals surface area contributed by atoms with Gasteiger partial charge in [0.05, 0.1) is 29.1 Å². The number of amides is 1. The number of thiazole rings is 1. The maximum Gasteiger partial charge on any atom is 0.244 e. The van der Waals surface area contributed by atoms with Crippen LogP contribution in [0.1, 0.15) is 13.8 Å². The molecule has 0 aliphatic heterocycles. The quantitative estimate of drug-likeness (QED) is 0.419. The first-order valence-corrected chi connectivity index (χ1v) is 12.3. The van der Waals surface area contributed by atoms with Gasteiger partial charge in [0.1, 0.15) is 27.7 Å². The van der Waals surface area contributed by atoms with Crippen molar-refractivity contribution in [2.24, 2.45) is 5.92 Å². The number of rotatable bonds is 7. The molecule has 0 unspecified atom stereocenters. The molecular weight excluding hydrogens is 458 g/mol. The Morgan fingerprint density at radius 1 is 1.13 bits per heavy atom. The molecule has 9 nitrogen and oxygen atoms in total. The highest BCUT2D eigenvalue weighted by atomic mass is 32.2. The Bertz CT molecular complexity index is 1360. The van der Waals surface area contributed by atoms with Crippen molar-refractivity contribution >= 4 is 65.4 Å². The van der Waals surface area contributed by atoms with E-state index in [0.29, 0.717) is 21.9 Å². The summed E-state index contributed by atoms with van der Waals surface area (Å²) in [4.78, 5) is 17.3. The fourth-order valence-electron chi connectivity index (χ4n) is 2.99. The molecule has 4 rings (SSSR count). The number of sulfonamides is 1. The maximum absolute atomic E-state index is 13.0. The second-order valence-corrected chi connectivity index (χ2v) is 10.3. The van der Waals surface area contributed by atoms with Crippen molar-refractivity contribution in [2.45, 2.75) is 24.8 Å². The average molecular weight is 478 g/mol. The Labute approximate surface area is 186 Å². The minimum Gasteiger partial charge on any atom is -0.497 e. The number of aromatic nitrogens is 3. The van der Waals surface area contributed by atoms with Gasteiger partial charge in [0.2, 0.25) is 15.9 Å². The molecule has 2 heterocycles. The molecule has 162 valence electrons. The molecule has 4 aromatic rings. The Kier molecular flexibility index (Phi) is 5.88. The molecule has 0 aliphatic carbocycles. The highest BCUT2D eigenvalue weighted by Gasteiger charge is 2.30. The van der Waals surface area contributed by atoms with Gasteiger partial charge in [0, 0.05) is 0 Å². The van der Waals surface area contributed by atoms with Crippen LogP contribution in [0.25, 0.3) is 21.3 Å². The van der Waals surface area contributed by atoms with Crippen molar-refractivity contribution in [3.8, 4) is 5.75 Å². The van der Waals surface area contributed by atoms with E-state index in [4.69, 9.17) is 4.74 Å². The molecule has 0 saturated heterocycles. The zero-order valence-electron chi connectivity index (χ0n) is 16.8. The third-order valence-corrected chi connectivity index (χ3v) is 7.54. The predicted octanol–water partition coefficient (Wildman–Crippen LogP) is 3.25. The number of hydrogen-bond donors (Lipinski definition) is 2. The first-order chi connectivity index (χ1) is 14.8. The monoisotopic (exact) mass is 477 g/mol. The fourth-order valence-corrected chi connectivity index (χ4v) is 6.00. The lowest BCUT2D eigenvalue weighted by Crippen LogP contribution is -2.47. The van der Waals surface area contributed by atoms with Crippen molar-refractivity contribution in [1.29, 1.82) is 0 Å². The van der Waals surface area contributed by atoms with Gasteiger partial charge < -0.3 is 10.1 Å². The summed E-state index contributed by atoms with van der Waals surface area (Å²) in [5, 5.41) is 3.11. The number of nitrogens with one attached hydrogen (secondary N) is 2. The molecule has 1 atom stereocenters. The first-order valence-electron chi connectivity index (χ1n) is 9.27. The van der Waals surface area contributed by atoms with Crippen molar-refractivity contribution in [2.75, 3.05) is 12.4 Å². The number of carbonyl (C=O) groups excluding carboxylic acids is 1. The van der Waals surface area contributed by atoms with Crippen LogP contribution in [0.5, 0.6) is 5.75 Å². The van der Waals surface area contributed by atoms with Crippen molar-refractivity contribution < 1.29 is 17.9 Å². The highest BCUT2D eigenvalue weighted by molar-refractivity contribution is 7.89. The Morgan fingerprint density at radius 2 is 1.94 bits per heavy atom. The number of carbonyl (C=O) groups is 1. The van der Waals surface area contributed by atoms with E-state index in [2.05, 4.69) is 23.8 Å². The molecule has 0 spiro atoms. The minimum absolute atomic E-state index is 0.00992. The van der Waals surface area contributed by atoms with Crippen LogP contribution in [0.4, 0.5) is 5.13 Å². The average Bonchev–Trinajstić information content (AvgIpc) is 3.36. The van der Waals surface area contributed by atoms with E-state index in [0.717, 1.165) is 16.4 Å². The molecule has 0 saturated carbocycles. The van der Waals surface area contributed by atoms with Gasteiger partial charge in [0.15, 0.2) is 5.13 Å². The molecule has 2 aromatic carbocycles. The summed E-state index contributed by atoms with van der Waals surface area (Å²) < 4.78 is 42.8. The van der Waals surface area contributed by atoms with Crippen LogP contribution in [0.2, 0.25) is 0 Å². The van der Waals surface area contributed by atoms with E-state index in [1.807, 2.05) is 6.07 Å². The minimum atomic E-state index is -4.01. The van der Waals surface area contributed by atoms with Crippen LogP contribution < -0.4 is 14.8 Å². The lowest BCUT2D eigenvalue weighted by atomic mass is 10.1. The molecule has 0 radical (unpaired) electrons. The summed E-state index contributed by atoms with van der Waals surface area (Å²) in [5.41, 5.74) is 1.48. The summed E-state index contributed by atoms with van der Waals surface area (Å²) in [7, 11) is -2.44. The molecule has 0 fully saturated rings. The molecular formula is C19H19N5O4S3. The number of nitrogens with zero attached hydrogens (tertiary/aromatic N) is 3. The Hall–Kier alpha value is -2.67. The molecule has 12 heteroatoms. The summed E-state index contributed by atoms with van der Waals surface area (Å²) in [6.07, 6.45) is 0. The first kappa shape index (κ1) is 21.6. The van der Waals surface area contributed by atoms with E-state index >= 15 is 0 Å². The number of benzene rings is 2. The maximum atomic E-state index is 13.0. The summed E-state index contributed by atoms with van der Waals surface area (Å²) >= 11 is 2.22. The smallest absolute Gasteiger partial charge is 0.244 e. The summed E-state index contributed by atoms with van der Waals surface area (Å²) in [5.74, 6) is -0.113. The highest BCUT2D eigenvalue weighted by Crippen LogP contribution is 2.29.